The Morgan fingerprint density at radius 2 is 1.94 bits per heavy atom. The van der Waals surface area contributed by atoms with Crippen LogP contribution in [0, 0.1) is 6.92 Å². The number of nitrogens with zero attached hydrogens (tertiary/aromatic N) is 1. The molecule has 4 heteroatoms. The second-order valence-corrected chi connectivity index (χ2v) is 3.74. The first-order valence-corrected chi connectivity index (χ1v) is 5.13. The summed E-state index contributed by atoms with van der Waals surface area (Å²) >= 11 is 0. The molecule has 4 nitrogen and oxygen atoms in total. The smallest absolute Gasteiger partial charge is 0.129 e. The minimum absolute atomic E-state index is 0.0221. The van der Waals surface area contributed by atoms with Crippen LogP contribution in [0.2, 0.25) is 0 Å². The zero-order valence-corrected chi connectivity index (χ0v) is 10.3. The topological polar surface area (TPSA) is 41.9 Å². The van der Waals surface area contributed by atoms with Gasteiger partial charge in [0.05, 0.1) is 21.0 Å². The molecule has 0 bridgehead atoms. The van der Waals surface area contributed by atoms with Gasteiger partial charge in [0.2, 0.25) is 0 Å². The first-order valence-electron chi connectivity index (χ1n) is 5.13. The maximum atomic E-state index is 8.99. The highest BCUT2D eigenvalue weighted by Gasteiger charge is 2.12. The van der Waals surface area contributed by atoms with Crippen LogP contribution < -0.4 is 9.47 Å². The van der Waals surface area contributed by atoms with Gasteiger partial charge in [0, 0.05) is 17.7 Å². The van der Waals surface area contributed by atoms with Gasteiger partial charge in [0.25, 0.3) is 0 Å². The van der Waals surface area contributed by atoms with Crippen LogP contribution in [0.25, 0.3) is 0 Å². The summed E-state index contributed by atoms with van der Waals surface area (Å²) < 4.78 is 10.6. The largest absolute Gasteiger partial charge is 0.496 e. The van der Waals surface area contributed by atoms with Crippen molar-refractivity contribution in [2.45, 2.75) is 13.5 Å². The number of aliphatic hydroxyl groups is 1. The molecule has 16 heavy (non-hydrogen) atoms. The van der Waals surface area contributed by atoms with Crippen molar-refractivity contribution in [3.8, 4) is 11.5 Å². The van der Waals surface area contributed by atoms with Gasteiger partial charge in [-0.1, -0.05) is 6.07 Å². The second-order valence-electron chi connectivity index (χ2n) is 3.74. The van der Waals surface area contributed by atoms with Crippen LogP contribution in [0.15, 0.2) is 12.1 Å². The Morgan fingerprint density at radius 3 is 2.44 bits per heavy atom. The van der Waals surface area contributed by atoms with Crippen molar-refractivity contribution in [2.75, 3.05) is 28.0 Å². The first kappa shape index (κ1) is 12.8. The third kappa shape index (κ3) is 2.65. The molecule has 0 fully saturated rings. The Balaban J connectivity index is 3.05. The molecule has 0 spiro atoms. The first-order chi connectivity index (χ1) is 7.63. The van der Waals surface area contributed by atoms with Gasteiger partial charge in [-0.2, -0.15) is 0 Å². The van der Waals surface area contributed by atoms with E-state index in [0.717, 1.165) is 22.6 Å². The molecule has 0 saturated heterocycles. The molecule has 1 aromatic carbocycles. The molecular formula is C12H19NO3. The standard InChI is InChI=1S/C12H19NO3/c1-9-11(15-3)6-5-10(12(9)16-4)7-13(2)8-14/h5-6,14H,7-8H2,1-4H3. The Labute approximate surface area is 96.4 Å². The van der Waals surface area contributed by atoms with Crippen LogP contribution in [0.3, 0.4) is 0 Å². The van der Waals surface area contributed by atoms with Crippen molar-refractivity contribution in [1.29, 1.82) is 0 Å². The highest BCUT2D eigenvalue weighted by Crippen LogP contribution is 2.31. The van der Waals surface area contributed by atoms with Crippen LogP contribution >= 0.6 is 0 Å². The fraction of sp³-hybridized carbons (Fsp3) is 0.500. The fourth-order valence-electron chi connectivity index (χ4n) is 1.70. The van der Waals surface area contributed by atoms with Gasteiger partial charge < -0.3 is 14.6 Å². The lowest BCUT2D eigenvalue weighted by Gasteiger charge is -2.18. The van der Waals surface area contributed by atoms with Crippen LogP contribution in [0.4, 0.5) is 0 Å². The Kier molecular flexibility index (Phi) is 4.58. The van der Waals surface area contributed by atoms with Crippen molar-refractivity contribution < 1.29 is 14.6 Å². The van der Waals surface area contributed by atoms with E-state index in [1.54, 1.807) is 19.1 Å². The lowest BCUT2D eigenvalue weighted by atomic mass is 10.1. The lowest BCUT2D eigenvalue weighted by Crippen LogP contribution is -2.19. The molecule has 0 aliphatic heterocycles. The second kappa shape index (κ2) is 5.72. The number of rotatable bonds is 5. The minimum atomic E-state index is 0.0221. The van der Waals surface area contributed by atoms with E-state index in [1.807, 2.05) is 26.1 Å². The van der Waals surface area contributed by atoms with Crippen molar-refractivity contribution in [3.05, 3.63) is 23.3 Å². The third-order valence-corrected chi connectivity index (χ3v) is 2.54. The minimum Gasteiger partial charge on any atom is -0.496 e. The van der Waals surface area contributed by atoms with E-state index in [2.05, 4.69) is 0 Å². The van der Waals surface area contributed by atoms with Gasteiger partial charge in [0.15, 0.2) is 0 Å². The highest BCUT2D eigenvalue weighted by atomic mass is 16.5. The Hall–Kier alpha value is -1.26. The maximum Gasteiger partial charge on any atom is 0.129 e. The van der Waals surface area contributed by atoms with Gasteiger partial charge in [0.1, 0.15) is 11.5 Å². The Bertz CT molecular complexity index is 352. The van der Waals surface area contributed by atoms with E-state index in [9.17, 15) is 0 Å². The zero-order valence-electron chi connectivity index (χ0n) is 10.3. The summed E-state index contributed by atoms with van der Waals surface area (Å²) in [6.07, 6.45) is 0. The van der Waals surface area contributed by atoms with Crippen molar-refractivity contribution >= 4 is 0 Å². The van der Waals surface area contributed by atoms with Crippen LogP contribution in [-0.4, -0.2) is 38.0 Å². The van der Waals surface area contributed by atoms with Gasteiger partial charge in [-0.15, -0.1) is 0 Å². The van der Waals surface area contributed by atoms with Gasteiger partial charge in [-0.3, -0.25) is 4.90 Å². The SMILES string of the molecule is COc1ccc(CN(C)CO)c(OC)c1C. The molecule has 1 N–H and O–H groups in total. The molecule has 1 aromatic rings. The van der Waals surface area contributed by atoms with E-state index in [-0.39, 0.29) is 6.73 Å². The molecule has 0 aliphatic rings. The van der Waals surface area contributed by atoms with E-state index in [0.29, 0.717) is 6.54 Å². The number of ether oxygens (including phenoxy) is 2. The molecule has 0 unspecified atom stereocenters. The summed E-state index contributed by atoms with van der Waals surface area (Å²) in [5.74, 6) is 1.63. The van der Waals surface area contributed by atoms with Crippen molar-refractivity contribution in [3.63, 3.8) is 0 Å². The summed E-state index contributed by atoms with van der Waals surface area (Å²) in [4.78, 5) is 1.80. The molecular weight excluding hydrogens is 206 g/mol. The summed E-state index contributed by atoms with van der Waals surface area (Å²) in [6.45, 7) is 2.62. The van der Waals surface area contributed by atoms with E-state index >= 15 is 0 Å². The van der Waals surface area contributed by atoms with Gasteiger partial charge in [-0.25, -0.2) is 0 Å². The number of hydrogen-bond donors (Lipinski definition) is 1. The number of hydrogen-bond acceptors (Lipinski definition) is 4. The normalized spacial score (nSPS) is 10.6. The molecule has 0 radical (unpaired) electrons. The summed E-state index contributed by atoms with van der Waals surface area (Å²) in [5, 5.41) is 8.99. The van der Waals surface area contributed by atoms with Gasteiger partial charge >= 0.3 is 0 Å². The molecule has 0 amide bonds. The highest BCUT2D eigenvalue weighted by molar-refractivity contribution is 5.49. The summed E-state index contributed by atoms with van der Waals surface area (Å²) in [7, 11) is 5.13. The molecule has 90 valence electrons. The fourth-order valence-corrected chi connectivity index (χ4v) is 1.70. The summed E-state index contributed by atoms with van der Waals surface area (Å²) in [5.41, 5.74) is 2.02. The van der Waals surface area contributed by atoms with E-state index < -0.39 is 0 Å². The predicted octanol–water partition coefficient (Wildman–Crippen LogP) is 1.39. The molecule has 0 saturated carbocycles. The van der Waals surface area contributed by atoms with Crippen LogP contribution in [-0.2, 0) is 6.54 Å². The van der Waals surface area contributed by atoms with E-state index in [1.165, 1.54) is 0 Å². The quantitative estimate of drug-likeness (QED) is 0.769. The lowest BCUT2D eigenvalue weighted by molar-refractivity contribution is 0.126. The number of aliphatic hydroxyl groups excluding tert-OH is 1. The maximum absolute atomic E-state index is 8.99. The number of methoxy groups -OCH3 is 2. The molecule has 1 rings (SSSR count). The van der Waals surface area contributed by atoms with E-state index in [4.69, 9.17) is 14.6 Å². The number of benzene rings is 1. The van der Waals surface area contributed by atoms with Crippen LogP contribution in [0.1, 0.15) is 11.1 Å². The average Bonchev–Trinajstić information content (AvgIpc) is 2.29. The average molecular weight is 225 g/mol. The molecule has 0 aromatic heterocycles. The predicted molar refractivity (Wildman–Crippen MR) is 62.8 cm³/mol. The van der Waals surface area contributed by atoms with Crippen molar-refractivity contribution in [2.24, 2.45) is 0 Å². The molecule has 0 aliphatic carbocycles. The monoisotopic (exact) mass is 225 g/mol. The summed E-state index contributed by atoms with van der Waals surface area (Å²) in [6, 6.07) is 3.87. The van der Waals surface area contributed by atoms with Gasteiger partial charge in [-0.05, 0) is 20.0 Å². The molecule has 0 heterocycles. The Morgan fingerprint density at radius 1 is 1.25 bits per heavy atom. The van der Waals surface area contributed by atoms with Crippen LogP contribution in [0.5, 0.6) is 11.5 Å². The molecule has 0 atom stereocenters. The third-order valence-electron chi connectivity index (χ3n) is 2.54. The zero-order chi connectivity index (χ0) is 12.1. The van der Waals surface area contributed by atoms with Crippen molar-refractivity contribution in [1.82, 2.24) is 4.90 Å².